The van der Waals surface area contributed by atoms with Crippen molar-refractivity contribution < 1.29 is 17.5 Å². The molecule has 2 aromatic rings. The summed E-state index contributed by atoms with van der Waals surface area (Å²) in [6.07, 6.45) is 2.34. The Morgan fingerprint density at radius 3 is 2.65 bits per heavy atom. The van der Waals surface area contributed by atoms with Gasteiger partial charge in [0.1, 0.15) is 22.9 Å². The number of rotatable bonds is 6. The second-order valence-corrected chi connectivity index (χ2v) is 6.99. The standard InChI is InChI=1S/C15H18FN3O3S/c1-4-22-15-8-14(17-9-18-15)19-10(2)11-5-6-13(12(16)7-11)23(3,20)21/h5-10H,4H2,1-3H3,(H,17,18,19). The molecule has 0 aliphatic rings. The van der Waals surface area contributed by atoms with Gasteiger partial charge in [-0.2, -0.15) is 0 Å². The Balaban J connectivity index is 2.19. The van der Waals surface area contributed by atoms with Crippen molar-refractivity contribution >= 4 is 15.7 Å². The number of hydrogen-bond acceptors (Lipinski definition) is 6. The lowest BCUT2D eigenvalue weighted by atomic mass is 10.1. The van der Waals surface area contributed by atoms with E-state index in [0.29, 0.717) is 23.9 Å². The van der Waals surface area contributed by atoms with Gasteiger partial charge in [0.25, 0.3) is 0 Å². The second kappa shape index (κ2) is 6.91. The van der Waals surface area contributed by atoms with Crippen molar-refractivity contribution in [2.24, 2.45) is 0 Å². The average Bonchev–Trinajstić information content (AvgIpc) is 2.46. The summed E-state index contributed by atoms with van der Waals surface area (Å²) in [6.45, 7) is 4.16. The smallest absolute Gasteiger partial charge is 0.218 e. The Morgan fingerprint density at radius 2 is 2.04 bits per heavy atom. The number of aromatic nitrogens is 2. The summed E-state index contributed by atoms with van der Waals surface area (Å²) in [6, 6.07) is 5.41. The van der Waals surface area contributed by atoms with Gasteiger partial charge in [-0.3, -0.25) is 0 Å². The number of nitrogens with one attached hydrogen (secondary N) is 1. The van der Waals surface area contributed by atoms with Crippen LogP contribution in [0.3, 0.4) is 0 Å². The van der Waals surface area contributed by atoms with Crippen molar-refractivity contribution in [3.05, 3.63) is 42.0 Å². The molecule has 1 atom stereocenters. The zero-order valence-corrected chi connectivity index (χ0v) is 13.9. The molecule has 1 aromatic heterocycles. The Labute approximate surface area is 134 Å². The SMILES string of the molecule is CCOc1cc(NC(C)c2ccc(S(C)(=O)=O)c(F)c2)ncn1. The largest absolute Gasteiger partial charge is 0.478 e. The molecule has 0 aliphatic carbocycles. The number of sulfone groups is 1. The zero-order valence-electron chi connectivity index (χ0n) is 13.1. The zero-order chi connectivity index (χ0) is 17.0. The molecule has 0 aliphatic heterocycles. The molecule has 0 amide bonds. The van der Waals surface area contributed by atoms with Crippen LogP contribution in [0.25, 0.3) is 0 Å². The van der Waals surface area contributed by atoms with Crippen LogP contribution in [0.1, 0.15) is 25.5 Å². The third-order valence-corrected chi connectivity index (χ3v) is 4.28. The van der Waals surface area contributed by atoms with Crippen LogP contribution in [0.2, 0.25) is 0 Å². The summed E-state index contributed by atoms with van der Waals surface area (Å²) in [5.41, 5.74) is 0.603. The van der Waals surface area contributed by atoms with Gasteiger partial charge in [-0.15, -0.1) is 0 Å². The fraction of sp³-hybridized carbons (Fsp3) is 0.333. The first-order valence-electron chi connectivity index (χ1n) is 7.02. The van der Waals surface area contributed by atoms with E-state index in [4.69, 9.17) is 4.74 Å². The summed E-state index contributed by atoms with van der Waals surface area (Å²) in [7, 11) is -3.58. The van der Waals surface area contributed by atoms with Crippen molar-refractivity contribution in [1.29, 1.82) is 0 Å². The van der Waals surface area contributed by atoms with Gasteiger partial charge in [0, 0.05) is 12.3 Å². The lowest BCUT2D eigenvalue weighted by Crippen LogP contribution is -2.10. The highest BCUT2D eigenvalue weighted by atomic mass is 32.2. The molecule has 0 bridgehead atoms. The summed E-state index contributed by atoms with van der Waals surface area (Å²) in [5.74, 6) is 0.204. The molecule has 0 spiro atoms. The maximum absolute atomic E-state index is 14.0. The number of anilines is 1. The maximum Gasteiger partial charge on any atom is 0.218 e. The van der Waals surface area contributed by atoms with Crippen LogP contribution in [0, 0.1) is 5.82 Å². The van der Waals surface area contributed by atoms with Crippen molar-refractivity contribution in [2.45, 2.75) is 24.8 Å². The topological polar surface area (TPSA) is 81.2 Å². The monoisotopic (exact) mass is 339 g/mol. The molecule has 8 heteroatoms. The van der Waals surface area contributed by atoms with Gasteiger partial charge in [-0.05, 0) is 31.5 Å². The molecule has 2 rings (SSSR count). The normalized spacial score (nSPS) is 12.7. The fourth-order valence-electron chi connectivity index (χ4n) is 2.04. The maximum atomic E-state index is 14.0. The van der Waals surface area contributed by atoms with Crippen LogP contribution >= 0.6 is 0 Å². The van der Waals surface area contributed by atoms with Crippen molar-refractivity contribution in [2.75, 3.05) is 18.2 Å². The number of hydrogen-bond donors (Lipinski definition) is 1. The van der Waals surface area contributed by atoms with E-state index < -0.39 is 15.7 Å². The van der Waals surface area contributed by atoms with Gasteiger partial charge >= 0.3 is 0 Å². The van der Waals surface area contributed by atoms with E-state index in [9.17, 15) is 12.8 Å². The minimum Gasteiger partial charge on any atom is -0.478 e. The molecule has 6 nitrogen and oxygen atoms in total. The third kappa shape index (κ3) is 4.38. The molecule has 0 radical (unpaired) electrons. The minimum atomic E-state index is -3.58. The summed E-state index contributed by atoms with van der Waals surface area (Å²) < 4.78 is 42.1. The quantitative estimate of drug-likeness (QED) is 0.871. The predicted octanol–water partition coefficient (Wildman–Crippen LogP) is 2.59. The van der Waals surface area contributed by atoms with Gasteiger partial charge in [-0.1, -0.05) is 6.07 Å². The summed E-state index contributed by atoms with van der Waals surface area (Å²) >= 11 is 0. The highest BCUT2D eigenvalue weighted by molar-refractivity contribution is 7.90. The molecule has 0 saturated heterocycles. The Bertz CT molecular complexity index is 796. The van der Waals surface area contributed by atoms with Crippen molar-refractivity contribution in [3.63, 3.8) is 0 Å². The third-order valence-electron chi connectivity index (χ3n) is 3.15. The van der Waals surface area contributed by atoms with Crippen LogP contribution in [-0.4, -0.2) is 31.2 Å². The lowest BCUT2D eigenvalue weighted by molar-refractivity contribution is 0.326. The first-order valence-corrected chi connectivity index (χ1v) is 8.91. The van der Waals surface area contributed by atoms with Crippen molar-refractivity contribution in [3.8, 4) is 5.88 Å². The summed E-state index contributed by atoms with van der Waals surface area (Å²) in [4.78, 5) is 7.73. The Morgan fingerprint density at radius 1 is 1.30 bits per heavy atom. The van der Waals surface area contributed by atoms with E-state index in [-0.39, 0.29) is 10.9 Å². The van der Waals surface area contributed by atoms with E-state index in [0.717, 1.165) is 6.26 Å². The molecular weight excluding hydrogens is 321 g/mol. The number of halogens is 1. The van der Waals surface area contributed by atoms with Gasteiger partial charge in [0.2, 0.25) is 5.88 Å². The van der Waals surface area contributed by atoms with E-state index >= 15 is 0 Å². The lowest BCUT2D eigenvalue weighted by Gasteiger charge is -2.16. The van der Waals surface area contributed by atoms with Gasteiger partial charge in [0.05, 0.1) is 12.6 Å². The molecule has 0 fully saturated rings. The highest BCUT2D eigenvalue weighted by Crippen LogP contribution is 2.23. The van der Waals surface area contributed by atoms with E-state index in [2.05, 4.69) is 15.3 Å². The van der Waals surface area contributed by atoms with Crippen LogP contribution in [-0.2, 0) is 9.84 Å². The van der Waals surface area contributed by atoms with Crippen molar-refractivity contribution in [1.82, 2.24) is 9.97 Å². The molecule has 1 heterocycles. The molecule has 1 N–H and O–H groups in total. The fourth-order valence-corrected chi connectivity index (χ4v) is 2.77. The number of nitrogens with zero attached hydrogens (tertiary/aromatic N) is 2. The molecule has 0 saturated carbocycles. The summed E-state index contributed by atoms with van der Waals surface area (Å²) in [5, 5.41) is 3.10. The molecule has 124 valence electrons. The second-order valence-electron chi connectivity index (χ2n) is 5.00. The molecule has 23 heavy (non-hydrogen) atoms. The molecule has 1 aromatic carbocycles. The van der Waals surface area contributed by atoms with E-state index in [1.807, 2.05) is 13.8 Å². The van der Waals surface area contributed by atoms with E-state index in [1.165, 1.54) is 18.5 Å². The van der Waals surface area contributed by atoms with Crippen LogP contribution in [0.15, 0.2) is 35.5 Å². The van der Waals surface area contributed by atoms with Gasteiger partial charge in [-0.25, -0.2) is 22.8 Å². The molecular formula is C15H18FN3O3S. The Kier molecular flexibility index (Phi) is 5.15. The first-order chi connectivity index (χ1) is 10.8. The first kappa shape index (κ1) is 17.1. The minimum absolute atomic E-state index is 0.275. The van der Waals surface area contributed by atoms with E-state index in [1.54, 1.807) is 12.1 Å². The Hall–Kier alpha value is -2.22. The van der Waals surface area contributed by atoms with Crippen LogP contribution in [0.5, 0.6) is 5.88 Å². The van der Waals surface area contributed by atoms with Crippen LogP contribution < -0.4 is 10.1 Å². The van der Waals surface area contributed by atoms with Crippen LogP contribution in [0.4, 0.5) is 10.2 Å². The van der Waals surface area contributed by atoms with Gasteiger partial charge in [0.15, 0.2) is 9.84 Å². The number of benzene rings is 1. The highest BCUT2D eigenvalue weighted by Gasteiger charge is 2.16. The number of ether oxygens (including phenoxy) is 1. The molecule has 1 unspecified atom stereocenters. The predicted molar refractivity (Wildman–Crippen MR) is 84.7 cm³/mol. The van der Waals surface area contributed by atoms with Gasteiger partial charge < -0.3 is 10.1 Å². The average molecular weight is 339 g/mol.